The first kappa shape index (κ1) is 22.6. The van der Waals surface area contributed by atoms with Crippen LogP contribution < -0.4 is 11.3 Å². The number of unbranched alkanes of at least 4 members (excludes halogenated alkanes) is 9. The summed E-state index contributed by atoms with van der Waals surface area (Å²) in [5, 5.41) is 8.82. The van der Waals surface area contributed by atoms with Crippen molar-refractivity contribution in [1.29, 1.82) is 0 Å². The summed E-state index contributed by atoms with van der Waals surface area (Å²) < 4.78 is 0. The zero-order chi connectivity index (χ0) is 21.2. The van der Waals surface area contributed by atoms with Gasteiger partial charge in [0.15, 0.2) is 5.84 Å². The van der Waals surface area contributed by atoms with Gasteiger partial charge >= 0.3 is 0 Å². The van der Waals surface area contributed by atoms with Crippen molar-refractivity contribution in [3.63, 3.8) is 0 Å². The molecule has 1 heterocycles. The van der Waals surface area contributed by atoms with Crippen LogP contribution in [0.25, 0.3) is 0 Å². The highest BCUT2D eigenvalue weighted by atomic mass is 16.1. The van der Waals surface area contributed by atoms with Crippen LogP contribution in [0, 0.1) is 0 Å². The van der Waals surface area contributed by atoms with Gasteiger partial charge in [0.2, 0.25) is 5.91 Å². The maximum atomic E-state index is 12.3. The third-order valence-electron chi connectivity index (χ3n) is 6.07. The van der Waals surface area contributed by atoms with Crippen LogP contribution >= 0.6 is 0 Å². The minimum absolute atomic E-state index is 0.354. The molecule has 1 atom stereocenters. The number of rotatable bonds is 15. The van der Waals surface area contributed by atoms with Crippen molar-refractivity contribution >= 4 is 11.7 Å². The molecule has 0 radical (unpaired) electrons. The summed E-state index contributed by atoms with van der Waals surface area (Å²) in [5.41, 5.74) is 9.84. The molecule has 1 saturated carbocycles. The number of carbonyl (C=O) groups excluding carboxylic acids is 1. The number of benzene rings is 1. The van der Waals surface area contributed by atoms with Crippen molar-refractivity contribution in [1.82, 2.24) is 15.7 Å². The Balaban J connectivity index is 1.44. The lowest BCUT2D eigenvalue weighted by molar-refractivity contribution is -0.118. The number of primary amides is 1. The van der Waals surface area contributed by atoms with E-state index in [2.05, 4.69) is 27.7 Å². The van der Waals surface area contributed by atoms with Crippen molar-refractivity contribution in [2.24, 2.45) is 10.8 Å². The molecular weight excluding hydrogens is 374 g/mol. The molecule has 0 bridgehead atoms. The topological polar surface area (TPSA) is 74.0 Å². The number of nitrogens with two attached hydrogens (primary N) is 1. The largest absolute Gasteiger partial charge is 0.369 e. The third-order valence-corrected chi connectivity index (χ3v) is 6.07. The highest BCUT2D eigenvalue weighted by Crippen LogP contribution is 2.34. The lowest BCUT2D eigenvalue weighted by atomic mass is 9.97. The van der Waals surface area contributed by atoms with Crippen molar-refractivity contribution in [2.75, 3.05) is 6.54 Å². The summed E-state index contributed by atoms with van der Waals surface area (Å²) in [7, 11) is 0. The number of amidine groups is 1. The monoisotopic (exact) mass is 413 g/mol. The van der Waals surface area contributed by atoms with E-state index in [0.29, 0.717) is 6.04 Å². The number of nitrogens with one attached hydrogen (secondary N) is 1. The molecule has 1 fully saturated rings. The Morgan fingerprint density at radius 3 is 2.20 bits per heavy atom. The summed E-state index contributed by atoms with van der Waals surface area (Å²) in [5.74, 6) is -0.131. The quantitative estimate of drug-likeness (QED) is 0.409. The fourth-order valence-corrected chi connectivity index (χ4v) is 4.22. The molecular formula is C24H39N5O. The van der Waals surface area contributed by atoms with Crippen molar-refractivity contribution in [2.45, 2.75) is 95.9 Å². The third kappa shape index (κ3) is 6.46. The molecule has 3 N–H and O–H groups in total. The fraction of sp³-hybridized carbons (Fsp3) is 0.667. The fourth-order valence-electron chi connectivity index (χ4n) is 4.22. The molecule has 0 spiro atoms. The maximum absolute atomic E-state index is 12.3. The first-order chi connectivity index (χ1) is 14.7. The van der Waals surface area contributed by atoms with Gasteiger partial charge in [-0.05, 0) is 24.8 Å². The minimum Gasteiger partial charge on any atom is -0.369 e. The molecule has 1 aromatic carbocycles. The maximum Gasteiger partial charge on any atom is 0.232 e. The van der Waals surface area contributed by atoms with E-state index in [9.17, 15) is 4.79 Å². The SMILES string of the molecule is CCCCCCCCCCCCN1NN=C(C(C(N)=O)c2ccccc2)N1C1CC1. The van der Waals surface area contributed by atoms with Gasteiger partial charge in [-0.1, -0.05) is 95.0 Å². The first-order valence-electron chi connectivity index (χ1n) is 12.0. The molecule has 1 unspecified atom stereocenters. The van der Waals surface area contributed by atoms with Crippen LogP contribution in [0.1, 0.15) is 95.5 Å². The van der Waals surface area contributed by atoms with Crippen molar-refractivity contribution in [3.05, 3.63) is 35.9 Å². The van der Waals surface area contributed by atoms with Crippen LogP contribution in [0.15, 0.2) is 35.4 Å². The number of hydrazine groups is 2. The number of hydrogen-bond acceptors (Lipinski definition) is 5. The normalized spacial score (nSPS) is 17.6. The summed E-state index contributed by atoms with van der Waals surface area (Å²) in [6.45, 7) is 3.17. The van der Waals surface area contributed by atoms with Gasteiger partial charge in [-0.15, -0.1) is 10.2 Å². The Morgan fingerprint density at radius 2 is 1.63 bits per heavy atom. The predicted molar refractivity (Wildman–Crippen MR) is 122 cm³/mol. The Hall–Kier alpha value is -2.08. The zero-order valence-corrected chi connectivity index (χ0v) is 18.6. The average molecular weight is 414 g/mol. The molecule has 166 valence electrons. The van der Waals surface area contributed by atoms with E-state index in [4.69, 9.17) is 5.73 Å². The zero-order valence-electron chi connectivity index (χ0n) is 18.6. The van der Waals surface area contributed by atoms with Crippen LogP contribution in [0.4, 0.5) is 0 Å². The molecule has 0 aromatic heterocycles. The summed E-state index contributed by atoms with van der Waals surface area (Å²) >= 11 is 0. The van der Waals surface area contributed by atoms with E-state index in [1.807, 2.05) is 30.3 Å². The van der Waals surface area contributed by atoms with Gasteiger partial charge < -0.3 is 5.73 Å². The molecule has 30 heavy (non-hydrogen) atoms. The summed E-state index contributed by atoms with van der Waals surface area (Å²) in [6.07, 6.45) is 15.5. The van der Waals surface area contributed by atoms with Crippen molar-refractivity contribution < 1.29 is 4.79 Å². The van der Waals surface area contributed by atoms with Crippen LogP contribution in [-0.4, -0.2) is 34.5 Å². The summed E-state index contributed by atoms with van der Waals surface area (Å²) in [4.78, 5) is 12.3. The highest BCUT2D eigenvalue weighted by molar-refractivity contribution is 6.07. The number of carbonyl (C=O) groups is 1. The first-order valence-corrected chi connectivity index (χ1v) is 12.0. The molecule has 1 aliphatic carbocycles. The van der Waals surface area contributed by atoms with E-state index < -0.39 is 5.92 Å². The Kier molecular flexibility index (Phi) is 9.00. The molecule has 0 saturated heterocycles. The number of hydrogen-bond donors (Lipinski definition) is 2. The van der Waals surface area contributed by atoms with Crippen LogP contribution in [0.2, 0.25) is 0 Å². The standard InChI is InChI=1S/C24H39N5O/c1-2-3-4-5-6-7-8-9-10-14-19-28-27-26-24(29(28)21-17-18-21)22(23(25)30)20-15-12-11-13-16-20/h11-13,15-16,21-22,27H,2-10,14,17-19H2,1H3,(H2,25,30). The van der Waals surface area contributed by atoms with Crippen molar-refractivity contribution in [3.8, 4) is 0 Å². The van der Waals surface area contributed by atoms with Crippen LogP contribution in [-0.2, 0) is 4.79 Å². The van der Waals surface area contributed by atoms with Gasteiger partial charge in [0.25, 0.3) is 0 Å². The number of amides is 1. The Bertz CT molecular complexity index is 673. The molecule has 6 heteroatoms. The molecule has 1 amide bonds. The Labute approximate surface area is 181 Å². The second kappa shape index (κ2) is 11.9. The average Bonchev–Trinajstić information content (AvgIpc) is 3.51. The van der Waals surface area contributed by atoms with Gasteiger partial charge in [0.05, 0.1) is 0 Å². The minimum atomic E-state index is -0.517. The van der Waals surface area contributed by atoms with Crippen LogP contribution in [0.5, 0.6) is 0 Å². The van der Waals surface area contributed by atoms with E-state index in [1.165, 1.54) is 57.8 Å². The van der Waals surface area contributed by atoms with E-state index in [1.54, 1.807) is 0 Å². The second-order valence-corrected chi connectivity index (χ2v) is 8.70. The lowest BCUT2D eigenvalue weighted by Crippen LogP contribution is -2.50. The Morgan fingerprint density at radius 1 is 1.03 bits per heavy atom. The molecule has 1 aliphatic heterocycles. The van der Waals surface area contributed by atoms with E-state index in [-0.39, 0.29) is 5.91 Å². The van der Waals surface area contributed by atoms with E-state index in [0.717, 1.165) is 37.2 Å². The van der Waals surface area contributed by atoms with Crippen LogP contribution in [0.3, 0.4) is 0 Å². The van der Waals surface area contributed by atoms with Gasteiger partial charge in [0, 0.05) is 12.6 Å². The smallest absolute Gasteiger partial charge is 0.232 e. The second-order valence-electron chi connectivity index (χ2n) is 8.70. The van der Waals surface area contributed by atoms with E-state index >= 15 is 0 Å². The summed E-state index contributed by atoms with van der Waals surface area (Å²) in [6, 6.07) is 10.2. The number of hydrazone groups is 1. The molecule has 1 aromatic rings. The highest BCUT2D eigenvalue weighted by Gasteiger charge is 2.43. The van der Waals surface area contributed by atoms with Gasteiger partial charge in [-0.25, -0.2) is 5.53 Å². The predicted octanol–water partition coefficient (Wildman–Crippen LogP) is 4.69. The van der Waals surface area contributed by atoms with Gasteiger partial charge in [0.1, 0.15) is 5.92 Å². The number of nitrogens with zero attached hydrogens (tertiary/aromatic N) is 3. The molecule has 6 nitrogen and oxygen atoms in total. The molecule has 2 aliphatic rings. The molecule has 3 rings (SSSR count). The lowest BCUT2D eigenvalue weighted by Gasteiger charge is -2.31. The van der Waals surface area contributed by atoms with Gasteiger partial charge in [-0.2, -0.15) is 0 Å². The van der Waals surface area contributed by atoms with Gasteiger partial charge in [-0.3, -0.25) is 9.80 Å².